The maximum Gasteiger partial charge on any atom is 0.264 e. The molecule has 10 heteroatoms. The van der Waals surface area contributed by atoms with Crippen LogP contribution in [-0.2, 0) is 28.1 Å². The van der Waals surface area contributed by atoms with Crippen molar-refractivity contribution in [3.05, 3.63) is 77.6 Å². The fraction of sp³-hybridized carbons (Fsp3) is 0.433. The van der Waals surface area contributed by atoms with Crippen LogP contribution in [0.3, 0.4) is 0 Å². The molecule has 1 fully saturated rings. The van der Waals surface area contributed by atoms with E-state index in [1.807, 2.05) is 36.5 Å². The maximum absolute atomic E-state index is 14.3. The summed E-state index contributed by atoms with van der Waals surface area (Å²) < 4.78 is 14.3. The lowest BCUT2D eigenvalue weighted by Crippen LogP contribution is -2.51. The molecule has 0 radical (unpaired) electrons. The van der Waals surface area contributed by atoms with Crippen LogP contribution in [0.2, 0.25) is 23.7 Å². The van der Waals surface area contributed by atoms with Crippen molar-refractivity contribution in [3.63, 3.8) is 0 Å². The predicted octanol–water partition coefficient (Wildman–Crippen LogP) is 4.31. The van der Waals surface area contributed by atoms with Gasteiger partial charge in [-0.3, -0.25) is 9.48 Å². The van der Waals surface area contributed by atoms with Crippen LogP contribution in [0.5, 0.6) is 5.75 Å². The Balaban J connectivity index is 1.57. The summed E-state index contributed by atoms with van der Waals surface area (Å²) in [5.41, 5.74) is 1.38. The van der Waals surface area contributed by atoms with E-state index in [0.29, 0.717) is 31.0 Å². The molecular formula is C30H37ClN4O4Si. The van der Waals surface area contributed by atoms with Gasteiger partial charge in [0.2, 0.25) is 0 Å². The molecule has 0 saturated carbocycles. The number of nitrogens with zero attached hydrogens (tertiary/aromatic N) is 4. The summed E-state index contributed by atoms with van der Waals surface area (Å²) in [7, 11) is -0.565. The number of rotatable bonds is 10. The molecule has 1 aromatic heterocycles. The Kier molecular flexibility index (Phi) is 7.94. The largest absolute Gasteiger partial charge is 0.497 e. The Morgan fingerprint density at radius 2 is 2.00 bits per heavy atom. The average Bonchev–Trinajstić information content (AvgIpc) is 3.58. The lowest BCUT2D eigenvalue weighted by molar-refractivity contribution is -0.145. The van der Waals surface area contributed by atoms with Gasteiger partial charge in [0.25, 0.3) is 5.91 Å². The fourth-order valence-corrected chi connectivity index (χ4v) is 11.0. The van der Waals surface area contributed by atoms with E-state index in [1.54, 1.807) is 22.8 Å². The highest BCUT2D eigenvalue weighted by atomic mass is 35.5. The van der Waals surface area contributed by atoms with Crippen LogP contribution in [-0.4, -0.2) is 60.4 Å². The number of hydrogen-bond acceptors (Lipinski definition) is 6. The number of aliphatic hydroxyl groups excluding tert-OH is 1. The van der Waals surface area contributed by atoms with Gasteiger partial charge < -0.3 is 19.5 Å². The maximum atomic E-state index is 14.3. The van der Waals surface area contributed by atoms with Crippen LogP contribution in [0.25, 0.3) is 0 Å². The quantitative estimate of drug-likeness (QED) is 0.284. The minimum atomic E-state index is -2.24. The van der Waals surface area contributed by atoms with Gasteiger partial charge in [-0.1, -0.05) is 60.2 Å². The summed E-state index contributed by atoms with van der Waals surface area (Å²) in [5.74, 6) is 0.647. The summed E-state index contributed by atoms with van der Waals surface area (Å²) in [6.07, 6.45) is 4.53. The van der Waals surface area contributed by atoms with Gasteiger partial charge in [0.05, 0.1) is 32.7 Å². The molecule has 2 aromatic carbocycles. The van der Waals surface area contributed by atoms with Crippen LogP contribution >= 0.6 is 11.6 Å². The fourth-order valence-electron chi connectivity index (χ4n) is 6.80. The number of amides is 1. The molecule has 4 atom stereocenters. The molecule has 2 aliphatic heterocycles. The molecule has 8 nitrogen and oxygen atoms in total. The van der Waals surface area contributed by atoms with E-state index in [-0.39, 0.29) is 30.1 Å². The number of aryl methyl sites for hydroxylation is 1. The zero-order valence-corrected chi connectivity index (χ0v) is 25.3. The van der Waals surface area contributed by atoms with Crippen LogP contribution in [0, 0.1) is 5.92 Å². The van der Waals surface area contributed by atoms with Gasteiger partial charge in [-0.2, -0.15) is 0 Å². The number of aromatic nitrogens is 3. The predicted molar refractivity (Wildman–Crippen MR) is 159 cm³/mol. The van der Waals surface area contributed by atoms with Crippen LogP contribution < -0.4 is 14.8 Å². The van der Waals surface area contributed by atoms with E-state index in [0.717, 1.165) is 22.7 Å². The first-order valence-electron chi connectivity index (χ1n) is 13.7. The zero-order valence-electron chi connectivity index (χ0n) is 23.5. The molecule has 3 heterocycles. The number of aliphatic hydroxyl groups is 1. The number of anilines is 1. The first kappa shape index (κ1) is 28.5. The molecule has 0 aliphatic carbocycles. The number of methoxy groups -OCH3 is 1. The van der Waals surface area contributed by atoms with E-state index in [4.69, 9.17) is 21.1 Å². The first-order valence-corrected chi connectivity index (χ1v) is 17.2. The molecule has 0 unspecified atom stereocenters. The second-order valence-electron chi connectivity index (χ2n) is 11.3. The second kappa shape index (κ2) is 11.1. The van der Waals surface area contributed by atoms with Gasteiger partial charge in [-0.05, 0) is 42.3 Å². The van der Waals surface area contributed by atoms with Gasteiger partial charge >= 0.3 is 0 Å². The third-order valence-electron chi connectivity index (χ3n) is 8.71. The summed E-state index contributed by atoms with van der Waals surface area (Å²) in [6, 6.07) is 14.0. The molecule has 1 spiro atoms. The Morgan fingerprint density at radius 1 is 1.25 bits per heavy atom. The van der Waals surface area contributed by atoms with Crippen molar-refractivity contribution in [2.24, 2.45) is 5.92 Å². The van der Waals surface area contributed by atoms with Gasteiger partial charge in [-0.25, -0.2) is 0 Å². The van der Waals surface area contributed by atoms with Crippen molar-refractivity contribution in [3.8, 4) is 5.75 Å². The monoisotopic (exact) mass is 580 g/mol. The molecule has 1 saturated heterocycles. The van der Waals surface area contributed by atoms with Gasteiger partial charge in [0, 0.05) is 48.8 Å². The lowest BCUT2D eigenvalue weighted by atomic mass is 9.82. The van der Waals surface area contributed by atoms with Crippen molar-refractivity contribution >= 4 is 36.5 Å². The minimum Gasteiger partial charge on any atom is -0.497 e. The molecule has 5 rings (SSSR count). The standard InChI is InChI=1S/C30H37ClN4O4Si/c1-6-15-35-26-12-7-21(31)18-25(26)30(29(35)37)20(2)28(40(4,5)24-10-8-23(38-3)9-11-24)27(39-30)13-16-34-19-22(14-17-36)32-33-34/h6-12,18-20,27-28,36H,1,13-17H2,2-5H3/t20-,27+,28-,30+/m0/s1. The number of halogens is 1. The average molecular weight is 581 g/mol. The van der Waals surface area contributed by atoms with Crippen molar-refractivity contribution in [1.29, 1.82) is 0 Å². The number of benzene rings is 2. The highest BCUT2D eigenvalue weighted by molar-refractivity contribution is 6.91. The van der Waals surface area contributed by atoms with E-state index in [9.17, 15) is 9.90 Å². The van der Waals surface area contributed by atoms with Crippen molar-refractivity contribution in [2.75, 3.05) is 25.2 Å². The Morgan fingerprint density at radius 3 is 2.67 bits per heavy atom. The normalized spacial score (nSPS) is 24.1. The van der Waals surface area contributed by atoms with Crippen molar-refractivity contribution in [1.82, 2.24) is 15.0 Å². The zero-order chi connectivity index (χ0) is 28.7. The number of fused-ring (bicyclic) bond motifs is 2. The SMILES string of the molecule is C=CCN1C(=O)[C@]2(O[C@H](CCn3cc(CCO)nn3)[C@@H]([Si](C)(C)c3ccc(OC)cc3)[C@@H]2C)c2cc(Cl)ccc21. The van der Waals surface area contributed by atoms with E-state index < -0.39 is 13.7 Å². The Bertz CT molecular complexity index is 1390. The van der Waals surface area contributed by atoms with Gasteiger partial charge in [0.1, 0.15) is 5.75 Å². The van der Waals surface area contributed by atoms with E-state index >= 15 is 0 Å². The minimum absolute atomic E-state index is 0.0273. The third-order valence-corrected chi connectivity index (χ3v) is 13.3. The third kappa shape index (κ3) is 4.68. The Labute approximate surface area is 241 Å². The van der Waals surface area contributed by atoms with Crippen LogP contribution in [0.1, 0.15) is 24.6 Å². The highest BCUT2D eigenvalue weighted by Gasteiger charge is 2.66. The molecule has 0 bridgehead atoms. The Hall–Kier alpha value is -2.98. The van der Waals surface area contributed by atoms with Gasteiger partial charge in [-0.15, -0.1) is 11.7 Å². The molecule has 3 aromatic rings. The number of carbonyl (C=O) groups excluding carboxylic acids is 1. The molecule has 1 amide bonds. The smallest absolute Gasteiger partial charge is 0.264 e. The van der Waals surface area contributed by atoms with Crippen LogP contribution in [0.4, 0.5) is 5.69 Å². The molecular weight excluding hydrogens is 544 g/mol. The van der Waals surface area contributed by atoms with Crippen molar-refractivity contribution in [2.45, 2.75) is 56.7 Å². The summed E-state index contributed by atoms with van der Waals surface area (Å²) >= 11 is 6.52. The second-order valence-corrected chi connectivity index (χ2v) is 16.4. The van der Waals surface area contributed by atoms with E-state index in [1.165, 1.54) is 5.19 Å². The molecule has 1 N–H and O–H groups in total. The molecule has 40 heavy (non-hydrogen) atoms. The van der Waals surface area contributed by atoms with E-state index in [2.05, 4.69) is 49.0 Å². The van der Waals surface area contributed by atoms with Gasteiger partial charge in [0.15, 0.2) is 5.60 Å². The first-order chi connectivity index (χ1) is 19.2. The summed E-state index contributed by atoms with van der Waals surface area (Å²) in [6.45, 7) is 11.8. The highest BCUT2D eigenvalue weighted by Crippen LogP contribution is 2.60. The lowest BCUT2D eigenvalue weighted by Gasteiger charge is -2.37. The number of ether oxygens (including phenoxy) is 2. The molecule has 212 valence electrons. The topological polar surface area (TPSA) is 89.7 Å². The number of hydrogen-bond donors (Lipinski definition) is 1. The summed E-state index contributed by atoms with van der Waals surface area (Å²) in [5, 5.41) is 19.6. The van der Waals surface area contributed by atoms with Crippen LogP contribution in [0.15, 0.2) is 61.3 Å². The molecule has 2 aliphatic rings. The summed E-state index contributed by atoms with van der Waals surface area (Å²) in [4.78, 5) is 16.1. The van der Waals surface area contributed by atoms with Crippen molar-refractivity contribution < 1.29 is 19.4 Å². The number of carbonyl (C=O) groups is 1.